The summed E-state index contributed by atoms with van der Waals surface area (Å²) in [4.78, 5) is 13.5. The summed E-state index contributed by atoms with van der Waals surface area (Å²) >= 11 is 0. The Labute approximate surface area is 238 Å². The normalized spacial score (nSPS) is 24.6. The Bertz CT molecular complexity index is 1190. The van der Waals surface area contributed by atoms with Crippen LogP contribution in [0.2, 0.25) is 0 Å². The minimum absolute atomic E-state index is 0.0466. The SMILES string of the molecule is CCC[C@@]1(CCNC2CCC(C(=O)NCc3cc(C(F)(F)F)cc(C(F)(F)F)c3)(C(C)C)C2)CCc2ccccc21. The van der Waals surface area contributed by atoms with Crippen molar-refractivity contribution in [2.75, 3.05) is 6.54 Å². The van der Waals surface area contributed by atoms with Crippen molar-refractivity contribution in [3.05, 3.63) is 70.3 Å². The molecule has 2 aromatic carbocycles. The van der Waals surface area contributed by atoms with Crippen LogP contribution in [0.1, 0.15) is 93.5 Å². The van der Waals surface area contributed by atoms with Gasteiger partial charge in [0.15, 0.2) is 0 Å². The first kappa shape index (κ1) is 31.4. The van der Waals surface area contributed by atoms with Gasteiger partial charge < -0.3 is 10.6 Å². The summed E-state index contributed by atoms with van der Waals surface area (Å²) in [6, 6.07) is 10.2. The van der Waals surface area contributed by atoms with E-state index in [2.05, 4.69) is 41.8 Å². The molecule has 2 unspecified atom stereocenters. The van der Waals surface area contributed by atoms with Gasteiger partial charge in [-0.3, -0.25) is 4.79 Å². The van der Waals surface area contributed by atoms with Crippen molar-refractivity contribution < 1.29 is 31.1 Å². The van der Waals surface area contributed by atoms with Gasteiger partial charge in [-0.15, -0.1) is 0 Å². The maximum absolute atomic E-state index is 13.5. The van der Waals surface area contributed by atoms with Gasteiger partial charge in [-0.1, -0.05) is 51.5 Å². The molecule has 1 fully saturated rings. The lowest BCUT2D eigenvalue weighted by molar-refractivity contribution is -0.143. The number of nitrogens with one attached hydrogen (secondary N) is 2. The highest BCUT2D eigenvalue weighted by molar-refractivity contribution is 5.83. The Hall–Kier alpha value is -2.55. The van der Waals surface area contributed by atoms with Crippen LogP contribution in [0.25, 0.3) is 0 Å². The second-order valence-corrected chi connectivity index (χ2v) is 12.2. The Morgan fingerprint density at radius 3 is 2.24 bits per heavy atom. The van der Waals surface area contributed by atoms with Gasteiger partial charge in [0.2, 0.25) is 5.91 Å². The summed E-state index contributed by atoms with van der Waals surface area (Å²) in [7, 11) is 0. The number of hydrogen-bond acceptors (Lipinski definition) is 2. The van der Waals surface area contributed by atoms with E-state index in [-0.39, 0.29) is 34.9 Å². The lowest BCUT2D eigenvalue weighted by Crippen LogP contribution is -2.44. The average molecular weight is 583 g/mol. The molecule has 0 heterocycles. The number of aryl methyl sites for hydroxylation is 1. The van der Waals surface area contributed by atoms with E-state index in [1.165, 1.54) is 11.1 Å². The summed E-state index contributed by atoms with van der Waals surface area (Å²) in [5.41, 5.74) is -0.700. The molecule has 2 aliphatic rings. The van der Waals surface area contributed by atoms with E-state index in [1.54, 1.807) is 0 Å². The molecular weight excluding hydrogens is 542 g/mol. The summed E-state index contributed by atoms with van der Waals surface area (Å²) in [5, 5.41) is 6.35. The van der Waals surface area contributed by atoms with Crippen LogP contribution in [0.15, 0.2) is 42.5 Å². The molecule has 0 aliphatic heterocycles. The summed E-state index contributed by atoms with van der Waals surface area (Å²) in [6.45, 7) is 6.52. The zero-order valence-corrected chi connectivity index (χ0v) is 23.9. The Balaban J connectivity index is 1.40. The molecule has 2 N–H and O–H groups in total. The Kier molecular flexibility index (Phi) is 9.17. The van der Waals surface area contributed by atoms with E-state index in [0.717, 1.165) is 45.1 Å². The lowest BCUT2D eigenvalue weighted by atomic mass is 9.74. The van der Waals surface area contributed by atoms with Crippen LogP contribution in [0.4, 0.5) is 26.3 Å². The molecule has 226 valence electrons. The molecule has 2 aliphatic carbocycles. The summed E-state index contributed by atoms with van der Waals surface area (Å²) in [6.07, 6.45) is -2.44. The first-order valence-electron chi connectivity index (χ1n) is 14.6. The minimum atomic E-state index is -4.93. The number of benzene rings is 2. The maximum Gasteiger partial charge on any atom is 0.416 e. The molecule has 0 spiro atoms. The Morgan fingerprint density at radius 1 is 0.976 bits per heavy atom. The average Bonchev–Trinajstić information content (AvgIpc) is 3.50. The molecule has 9 heteroatoms. The van der Waals surface area contributed by atoms with Crippen molar-refractivity contribution in [2.45, 2.75) is 102 Å². The molecule has 0 radical (unpaired) electrons. The maximum atomic E-state index is 13.5. The third-order valence-corrected chi connectivity index (χ3v) is 9.43. The molecular formula is C32H40F6N2O. The molecule has 3 nitrogen and oxygen atoms in total. The first-order chi connectivity index (χ1) is 19.2. The quantitative estimate of drug-likeness (QED) is 0.277. The van der Waals surface area contributed by atoms with E-state index in [1.807, 2.05) is 13.8 Å². The van der Waals surface area contributed by atoms with Crippen molar-refractivity contribution >= 4 is 5.91 Å². The van der Waals surface area contributed by atoms with Crippen LogP contribution >= 0.6 is 0 Å². The van der Waals surface area contributed by atoms with Crippen molar-refractivity contribution in [1.82, 2.24) is 10.6 Å². The monoisotopic (exact) mass is 582 g/mol. The second-order valence-electron chi connectivity index (χ2n) is 12.2. The number of carbonyl (C=O) groups excluding carboxylic acids is 1. The number of amides is 1. The molecule has 0 saturated heterocycles. The highest BCUT2D eigenvalue weighted by Crippen LogP contribution is 2.47. The molecule has 3 atom stereocenters. The second kappa shape index (κ2) is 12.0. The number of rotatable bonds is 10. The fourth-order valence-electron chi connectivity index (χ4n) is 7.13. The summed E-state index contributed by atoms with van der Waals surface area (Å²) in [5.74, 6) is -0.371. The molecule has 4 rings (SSSR count). The highest BCUT2D eigenvalue weighted by atomic mass is 19.4. The van der Waals surface area contributed by atoms with E-state index in [9.17, 15) is 31.1 Å². The predicted octanol–water partition coefficient (Wildman–Crippen LogP) is 8.20. The zero-order chi connectivity index (χ0) is 30.1. The number of hydrogen-bond donors (Lipinski definition) is 2. The standard InChI is InChI=1S/C32H40F6N2O/c1-4-11-29(12-9-23-7-5-6-8-27(23)29)14-15-39-26-10-13-30(19-26,21(2)3)28(41)40-20-22-16-24(31(33,34)35)18-25(17-22)32(36,37)38/h5-8,16-18,21,26,39H,4,9-15,19-20H2,1-3H3,(H,40,41)/t26?,29-,30?/m0/s1. The van der Waals surface area contributed by atoms with Crippen LogP contribution < -0.4 is 10.6 Å². The van der Waals surface area contributed by atoms with E-state index >= 15 is 0 Å². The minimum Gasteiger partial charge on any atom is -0.352 e. The Morgan fingerprint density at radius 2 is 1.63 bits per heavy atom. The van der Waals surface area contributed by atoms with Crippen molar-refractivity contribution in [1.29, 1.82) is 0 Å². The van der Waals surface area contributed by atoms with Crippen molar-refractivity contribution in [3.8, 4) is 0 Å². The summed E-state index contributed by atoms with van der Waals surface area (Å²) < 4.78 is 79.6. The van der Waals surface area contributed by atoms with Gasteiger partial charge in [0, 0.05) is 12.6 Å². The van der Waals surface area contributed by atoms with Crippen LogP contribution in [0.3, 0.4) is 0 Å². The smallest absolute Gasteiger partial charge is 0.352 e. The van der Waals surface area contributed by atoms with Crippen molar-refractivity contribution in [3.63, 3.8) is 0 Å². The fraction of sp³-hybridized carbons (Fsp3) is 0.594. The molecule has 41 heavy (non-hydrogen) atoms. The largest absolute Gasteiger partial charge is 0.416 e. The van der Waals surface area contributed by atoms with E-state index in [4.69, 9.17) is 0 Å². The molecule has 0 bridgehead atoms. The van der Waals surface area contributed by atoms with Gasteiger partial charge in [0.1, 0.15) is 0 Å². The number of halogens is 6. The number of alkyl halides is 6. The van der Waals surface area contributed by atoms with Crippen LogP contribution in [0, 0.1) is 11.3 Å². The fourth-order valence-corrected chi connectivity index (χ4v) is 7.13. The zero-order valence-electron chi connectivity index (χ0n) is 23.9. The van der Waals surface area contributed by atoms with Crippen LogP contribution in [-0.2, 0) is 35.5 Å². The van der Waals surface area contributed by atoms with Gasteiger partial charge in [0.05, 0.1) is 16.5 Å². The van der Waals surface area contributed by atoms with Crippen LogP contribution in [0.5, 0.6) is 0 Å². The molecule has 2 aromatic rings. The van der Waals surface area contributed by atoms with Crippen molar-refractivity contribution in [2.24, 2.45) is 11.3 Å². The van der Waals surface area contributed by atoms with E-state index in [0.29, 0.717) is 25.0 Å². The predicted molar refractivity (Wildman–Crippen MR) is 147 cm³/mol. The topological polar surface area (TPSA) is 41.1 Å². The third-order valence-electron chi connectivity index (χ3n) is 9.43. The third kappa shape index (κ3) is 6.76. The lowest BCUT2D eigenvalue weighted by Gasteiger charge is -2.33. The van der Waals surface area contributed by atoms with Gasteiger partial charge >= 0.3 is 12.4 Å². The van der Waals surface area contributed by atoms with Crippen LogP contribution in [-0.4, -0.2) is 18.5 Å². The molecule has 1 saturated carbocycles. The van der Waals surface area contributed by atoms with Gasteiger partial charge in [-0.2, -0.15) is 26.3 Å². The first-order valence-corrected chi connectivity index (χ1v) is 14.6. The number of carbonyl (C=O) groups is 1. The highest BCUT2D eigenvalue weighted by Gasteiger charge is 2.47. The number of fused-ring (bicyclic) bond motifs is 1. The van der Waals surface area contributed by atoms with Gasteiger partial charge in [0.25, 0.3) is 0 Å². The van der Waals surface area contributed by atoms with Gasteiger partial charge in [-0.05, 0) is 97.7 Å². The van der Waals surface area contributed by atoms with Gasteiger partial charge in [-0.25, -0.2) is 0 Å². The molecule has 1 amide bonds. The molecule has 0 aromatic heterocycles. The van der Waals surface area contributed by atoms with E-state index < -0.39 is 35.4 Å².